The summed E-state index contributed by atoms with van der Waals surface area (Å²) in [5.74, 6) is -0.599. The Morgan fingerprint density at radius 3 is 2.42 bits per heavy atom. The van der Waals surface area contributed by atoms with Gasteiger partial charge in [-0.05, 0) is 37.1 Å². The molecule has 1 aliphatic rings. The molecule has 140 valence electrons. The molecule has 0 aliphatic carbocycles. The number of halogens is 1. The van der Waals surface area contributed by atoms with E-state index in [4.69, 9.17) is 5.73 Å². The fraction of sp³-hybridized carbons (Fsp3) is 0.278. The standard InChI is InChI=1S/C18H21N3O3S.ClH/c19-16-10-4-5-11-17(16)20-18(22)14-7-6-12-21(13-14)25(23,24)15-8-2-1-3-9-15;/h1-5,8-11,14H,6-7,12-13,19H2,(H,20,22);1H. The number of nitrogen functional groups attached to an aromatic ring is 1. The van der Waals surface area contributed by atoms with Gasteiger partial charge in [0.05, 0.1) is 22.2 Å². The number of sulfonamides is 1. The lowest BCUT2D eigenvalue weighted by Gasteiger charge is -2.31. The summed E-state index contributed by atoms with van der Waals surface area (Å²) in [5.41, 5.74) is 6.89. The first-order chi connectivity index (χ1) is 12.0. The van der Waals surface area contributed by atoms with Crippen LogP contribution in [0.2, 0.25) is 0 Å². The lowest BCUT2D eigenvalue weighted by atomic mass is 9.98. The molecule has 1 amide bonds. The molecule has 1 aliphatic heterocycles. The molecular formula is C18H22ClN3O3S. The van der Waals surface area contributed by atoms with E-state index in [1.165, 1.54) is 4.31 Å². The highest BCUT2D eigenvalue weighted by Crippen LogP contribution is 2.25. The number of nitrogens with zero attached hydrogens (tertiary/aromatic N) is 1. The molecule has 2 aromatic carbocycles. The molecule has 3 rings (SSSR count). The molecule has 0 aromatic heterocycles. The molecule has 0 spiro atoms. The Morgan fingerprint density at radius 2 is 1.73 bits per heavy atom. The topological polar surface area (TPSA) is 92.5 Å². The predicted molar refractivity (Wildman–Crippen MR) is 105 cm³/mol. The van der Waals surface area contributed by atoms with Crippen molar-refractivity contribution in [2.45, 2.75) is 17.7 Å². The van der Waals surface area contributed by atoms with E-state index in [1.807, 2.05) is 0 Å². The van der Waals surface area contributed by atoms with Crippen molar-refractivity contribution in [2.24, 2.45) is 5.92 Å². The zero-order valence-corrected chi connectivity index (χ0v) is 15.8. The average molecular weight is 396 g/mol. The van der Waals surface area contributed by atoms with Gasteiger partial charge in [-0.1, -0.05) is 30.3 Å². The first-order valence-corrected chi connectivity index (χ1v) is 9.63. The number of para-hydroxylation sites is 2. The van der Waals surface area contributed by atoms with Crippen LogP contribution in [0.15, 0.2) is 59.5 Å². The second kappa shape index (κ2) is 8.53. The van der Waals surface area contributed by atoms with Crippen molar-refractivity contribution >= 4 is 39.7 Å². The first-order valence-electron chi connectivity index (χ1n) is 8.19. The van der Waals surface area contributed by atoms with Crippen LogP contribution < -0.4 is 11.1 Å². The van der Waals surface area contributed by atoms with Gasteiger partial charge >= 0.3 is 0 Å². The third-order valence-electron chi connectivity index (χ3n) is 4.35. The van der Waals surface area contributed by atoms with Crippen molar-refractivity contribution in [1.29, 1.82) is 0 Å². The van der Waals surface area contributed by atoms with E-state index in [0.29, 0.717) is 30.8 Å². The van der Waals surface area contributed by atoms with Crippen LogP contribution in [0.5, 0.6) is 0 Å². The Morgan fingerprint density at radius 1 is 1.08 bits per heavy atom. The van der Waals surface area contributed by atoms with E-state index in [9.17, 15) is 13.2 Å². The summed E-state index contributed by atoms with van der Waals surface area (Å²) < 4.78 is 26.9. The fourth-order valence-corrected chi connectivity index (χ4v) is 4.51. The minimum atomic E-state index is -3.58. The smallest absolute Gasteiger partial charge is 0.243 e. The molecule has 3 N–H and O–H groups in total. The zero-order valence-electron chi connectivity index (χ0n) is 14.2. The van der Waals surface area contributed by atoms with Crippen molar-refractivity contribution < 1.29 is 13.2 Å². The molecule has 1 atom stereocenters. The number of nitrogens with one attached hydrogen (secondary N) is 1. The third-order valence-corrected chi connectivity index (χ3v) is 6.23. The number of hydrogen-bond acceptors (Lipinski definition) is 4. The summed E-state index contributed by atoms with van der Waals surface area (Å²) in [6.45, 7) is 0.601. The van der Waals surface area contributed by atoms with Crippen LogP contribution in [-0.4, -0.2) is 31.7 Å². The molecule has 26 heavy (non-hydrogen) atoms. The van der Waals surface area contributed by atoms with Crippen molar-refractivity contribution in [3.63, 3.8) is 0 Å². The monoisotopic (exact) mass is 395 g/mol. The number of hydrogen-bond donors (Lipinski definition) is 2. The molecular weight excluding hydrogens is 374 g/mol. The van der Waals surface area contributed by atoms with Crippen LogP contribution in [0.1, 0.15) is 12.8 Å². The summed E-state index contributed by atoms with van der Waals surface area (Å²) in [7, 11) is -3.58. The molecule has 1 fully saturated rings. The highest BCUT2D eigenvalue weighted by molar-refractivity contribution is 7.89. The number of rotatable bonds is 4. The van der Waals surface area contributed by atoms with Gasteiger partial charge in [0.25, 0.3) is 0 Å². The van der Waals surface area contributed by atoms with Crippen LogP contribution in [0.4, 0.5) is 11.4 Å². The van der Waals surface area contributed by atoms with E-state index in [1.54, 1.807) is 54.6 Å². The quantitative estimate of drug-likeness (QED) is 0.778. The lowest BCUT2D eigenvalue weighted by molar-refractivity contribution is -0.120. The number of piperidine rings is 1. The summed E-state index contributed by atoms with van der Waals surface area (Å²) in [6, 6.07) is 15.3. The van der Waals surface area contributed by atoms with Crippen molar-refractivity contribution in [3.8, 4) is 0 Å². The lowest BCUT2D eigenvalue weighted by Crippen LogP contribution is -2.43. The second-order valence-electron chi connectivity index (χ2n) is 6.09. The van der Waals surface area contributed by atoms with Gasteiger partial charge in [0, 0.05) is 13.1 Å². The molecule has 8 heteroatoms. The van der Waals surface area contributed by atoms with Crippen LogP contribution in [0.3, 0.4) is 0 Å². The average Bonchev–Trinajstić information content (AvgIpc) is 2.64. The van der Waals surface area contributed by atoms with E-state index >= 15 is 0 Å². The van der Waals surface area contributed by atoms with E-state index in [-0.39, 0.29) is 29.8 Å². The van der Waals surface area contributed by atoms with Gasteiger partial charge in [0.2, 0.25) is 15.9 Å². The summed E-state index contributed by atoms with van der Waals surface area (Å²) in [6.07, 6.45) is 1.30. The van der Waals surface area contributed by atoms with Crippen LogP contribution in [0, 0.1) is 5.92 Å². The number of carbonyl (C=O) groups is 1. The van der Waals surface area contributed by atoms with Gasteiger partial charge in [-0.2, -0.15) is 4.31 Å². The summed E-state index contributed by atoms with van der Waals surface area (Å²) in [5, 5.41) is 2.81. The molecule has 0 bridgehead atoms. The minimum Gasteiger partial charge on any atom is -0.397 e. The normalized spacial score (nSPS) is 17.9. The number of nitrogens with two attached hydrogens (primary N) is 1. The molecule has 2 aromatic rings. The molecule has 6 nitrogen and oxygen atoms in total. The Balaban J connectivity index is 0.00000243. The third kappa shape index (κ3) is 4.35. The van der Waals surface area contributed by atoms with Crippen molar-refractivity contribution in [1.82, 2.24) is 4.31 Å². The maximum absolute atomic E-state index is 12.7. The van der Waals surface area contributed by atoms with Gasteiger partial charge in [-0.3, -0.25) is 4.79 Å². The largest absolute Gasteiger partial charge is 0.397 e. The Labute approximate surface area is 159 Å². The Kier molecular flexibility index (Phi) is 6.63. The van der Waals surface area contributed by atoms with Crippen LogP contribution in [-0.2, 0) is 14.8 Å². The molecule has 1 unspecified atom stereocenters. The molecule has 0 saturated carbocycles. The van der Waals surface area contributed by atoms with Gasteiger partial charge in [0.1, 0.15) is 0 Å². The van der Waals surface area contributed by atoms with Gasteiger partial charge < -0.3 is 11.1 Å². The summed E-state index contributed by atoms with van der Waals surface area (Å²) >= 11 is 0. The predicted octanol–water partition coefficient (Wildman–Crippen LogP) is 2.73. The summed E-state index contributed by atoms with van der Waals surface area (Å²) in [4.78, 5) is 12.8. The second-order valence-corrected chi connectivity index (χ2v) is 8.03. The minimum absolute atomic E-state index is 0. The Hall–Kier alpha value is -2.09. The first kappa shape index (κ1) is 20.2. The van der Waals surface area contributed by atoms with Crippen LogP contribution >= 0.6 is 12.4 Å². The number of benzene rings is 2. The number of carbonyl (C=O) groups excluding carboxylic acids is 1. The van der Waals surface area contributed by atoms with E-state index < -0.39 is 15.9 Å². The number of anilines is 2. The van der Waals surface area contributed by atoms with Gasteiger partial charge in [-0.15, -0.1) is 12.4 Å². The van der Waals surface area contributed by atoms with Crippen molar-refractivity contribution in [3.05, 3.63) is 54.6 Å². The molecule has 1 heterocycles. The molecule has 1 saturated heterocycles. The van der Waals surface area contributed by atoms with Gasteiger partial charge in [0.15, 0.2) is 0 Å². The molecule has 0 radical (unpaired) electrons. The number of amides is 1. The Bertz CT molecular complexity index is 859. The maximum atomic E-state index is 12.7. The zero-order chi connectivity index (χ0) is 17.9. The maximum Gasteiger partial charge on any atom is 0.243 e. The fourth-order valence-electron chi connectivity index (χ4n) is 2.96. The van der Waals surface area contributed by atoms with E-state index in [2.05, 4.69) is 5.32 Å². The van der Waals surface area contributed by atoms with Crippen LogP contribution in [0.25, 0.3) is 0 Å². The van der Waals surface area contributed by atoms with Gasteiger partial charge in [-0.25, -0.2) is 8.42 Å². The highest BCUT2D eigenvalue weighted by Gasteiger charge is 2.33. The van der Waals surface area contributed by atoms with E-state index in [0.717, 1.165) is 0 Å². The SMILES string of the molecule is Cl.Nc1ccccc1NC(=O)C1CCCN(S(=O)(=O)c2ccccc2)C1. The van der Waals surface area contributed by atoms with Crippen molar-refractivity contribution in [2.75, 3.05) is 24.1 Å². The highest BCUT2D eigenvalue weighted by atomic mass is 35.5.